The van der Waals surface area contributed by atoms with E-state index in [-0.39, 0.29) is 18.1 Å². The molecule has 0 bridgehead atoms. The fraction of sp³-hybridized carbons (Fsp3) is 0.692. The van der Waals surface area contributed by atoms with Crippen LogP contribution in [0, 0.1) is 0 Å². The molecule has 0 aromatic carbocycles. The van der Waals surface area contributed by atoms with E-state index >= 15 is 0 Å². The third-order valence-electron chi connectivity index (χ3n) is 3.81. The second-order valence-electron chi connectivity index (χ2n) is 5.46. The minimum absolute atomic E-state index is 0.00331. The minimum atomic E-state index is -0.182. The fourth-order valence-electron chi connectivity index (χ4n) is 2.54. The predicted octanol–water partition coefficient (Wildman–Crippen LogP) is 0.611. The summed E-state index contributed by atoms with van der Waals surface area (Å²) in [4.78, 5) is 14.3. The first kappa shape index (κ1) is 12.6. The van der Waals surface area contributed by atoms with Crippen molar-refractivity contribution in [2.24, 2.45) is 0 Å². The standard InChI is InChI=1S/C13H19N3O3/c1-16-6-10(12(7-16)18-2)14-13(17)9-5-11(19-15-9)8-3-4-8/h5,8,10,12H,3-4,6-7H2,1-2H3,(H,14,17)/t10-,12?/m1/s1. The second kappa shape index (κ2) is 4.94. The first-order valence-corrected chi connectivity index (χ1v) is 6.66. The number of amides is 1. The van der Waals surface area contributed by atoms with Crippen LogP contribution in [0.3, 0.4) is 0 Å². The van der Waals surface area contributed by atoms with Gasteiger partial charge in [0.05, 0.1) is 12.1 Å². The van der Waals surface area contributed by atoms with E-state index in [4.69, 9.17) is 9.26 Å². The summed E-state index contributed by atoms with van der Waals surface area (Å²) < 4.78 is 10.6. The van der Waals surface area contributed by atoms with Gasteiger partial charge in [0.15, 0.2) is 5.69 Å². The van der Waals surface area contributed by atoms with Crippen LogP contribution in [-0.2, 0) is 4.74 Å². The van der Waals surface area contributed by atoms with Crippen molar-refractivity contribution in [3.63, 3.8) is 0 Å². The van der Waals surface area contributed by atoms with Crippen LogP contribution in [0.25, 0.3) is 0 Å². The number of nitrogens with zero attached hydrogens (tertiary/aromatic N) is 2. The van der Waals surface area contributed by atoms with Crippen LogP contribution in [0.15, 0.2) is 10.6 Å². The third-order valence-corrected chi connectivity index (χ3v) is 3.81. The van der Waals surface area contributed by atoms with Crippen molar-refractivity contribution in [2.45, 2.75) is 30.9 Å². The Morgan fingerprint density at radius 2 is 2.32 bits per heavy atom. The molecule has 1 unspecified atom stereocenters. The van der Waals surface area contributed by atoms with Crippen LogP contribution >= 0.6 is 0 Å². The largest absolute Gasteiger partial charge is 0.378 e. The fourth-order valence-corrected chi connectivity index (χ4v) is 2.54. The summed E-state index contributed by atoms with van der Waals surface area (Å²) in [5, 5.41) is 6.82. The predicted molar refractivity (Wildman–Crippen MR) is 68.0 cm³/mol. The van der Waals surface area contributed by atoms with E-state index in [1.165, 1.54) is 0 Å². The quantitative estimate of drug-likeness (QED) is 0.864. The highest BCUT2D eigenvalue weighted by Gasteiger charge is 2.33. The van der Waals surface area contributed by atoms with Gasteiger partial charge < -0.3 is 19.5 Å². The number of hydrogen-bond acceptors (Lipinski definition) is 5. The number of nitrogens with one attached hydrogen (secondary N) is 1. The molecule has 1 aliphatic heterocycles. The maximum Gasteiger partial charge on any atom is 0.273 e. The summed E-state index contributed by atoms with van der Waals surface area (Å²) >= 11 is 0. The number of likely N-dealkylation sites (N-methyl/N-ethyl adjacent to an activating group) is 1. The van der Waals surface area contributed by atoms with Gasteiger partial charge in [0.2, 0.25) is 0 Å². The highest BCUT2D eigenvalue weighted by molar-refractivity contribution is 5.92. The molecule has 2 atom stereocenters. The molecule has 1 amide bonds. The molecule has 1 saturated carbocycles. The third kappa shape index (κ3) is 2.64. The lowest BCUT2D eigenvalue weighted by Crippen LogP contribution is -2.43. The highest BCUT2D eigenvalue weighted by Crippen LogP contribution is 2.40. The summed E-state index contributed by atoms with van der Waals surface area (Å²) in [6.07, 6.45) is 2.30. The first-order valence-electron chi connectivity index (χ1n) is 6.66. The zero-order chi connectivity index (χ0) is 13.4. The summed E-state index contributed by atoms with van der Waals surface area (Å²) in [6.45, 7) is 1.62. The first-order chi connectivity index (χ1) is 9.17. The van der Waals surface area contributed by atoms with E-state index in [2.05, 4.69) is 15.4 Å². The van der Waals surface area contributed by atoms with Gasteiger partial charge in [-0.3, -0.25) is 4.79 Å². The van der Waals surface area contributed by atoms with Crippen LogP contribution < -0.4 is 5.32 Å². The Hall–Kier alpha value is -1.40. The average Bonchev–Trinajstić information content (AvgIpc) is 3.00. The molecular weight excluding hydrogens is 246 g/mol. The van der Waals surface area contributed by atoms with Crippen LogP contribution in [0.5, 0.6) is 0 Å². The van der Waals surface area contributed by atoms with Crippen molar-refractivity contribution in [2.75, 3.05) is 27.2 Å². The van der Waals surface area contributed by atoms with E-state index < -0.39 is 0 Å². The number of ether oxygens (including phenoxy) is 1. The molecule has 1 aliphatic carbocycles. The Bertz CT molecular complexity index is 469. The topological polar surface area (TPSA) is 67.6 Å². The van der Waals surface area contributed by atoms with E-state index in [1.54, 1.807) is 13.2 Å². The maximum atomic E-state index is 12.1. The van der Waals surface area contributed by atoms with Gasteiger partial charge in [-0.05, 0) is 19.9 Å². The van der Waals surface area contributed by atoms with Crippen molar-refractivity contribution in [1.82, 2.24) is 15.4 Å². The Morgan fingerprint density at radius 1 is 1.53 bits per heavy atom. The summed E-state index contributed by atoms with van der Waals surface area (Å²) in [5.74, 6) is 1.12. The van der Waals surface area contributed by atoms with Crippen LogP contribution in [-0.4, -0.2) is 55.4 Å². The molecule has 1 saturated heterocycles. The average molecular weight is 265 g/mol. The smallest absolute Gasteiger partial charge is 0.273 e. The lowest BCUT2D eigenvalue weighted by atomic mass is 10.2. The number of carbonyl (C=O) groups is 1. The Kier molecular flexibility index (Phi) is 3.28. The van der Waals surface area contributed by atoms with Gasteiger partial charge in [-0.25, -0.2) is 0 Å². The van der Waals surface area contributed by atoms with Crippen LogP contribution in [0.2, 0.25) is 0 Å². The van der Waals surface area contributed by atoms with Crippen molar-refractivity contribution in [3.05, 3.63) is 17.5 Å². The molecule has 2 aliphatic rings. The number of aromatic nitrogens is 1. The molecule has 3 rings (SSSR count). The van der Waals surface area contributed by atoms with Gasteiger partial charge in [-0.2, -0.15) is 0 Å². The Labute approximate surface area is 112 Å². The lowest BCUT2D eigenvalue weighted by Gasteiger charge is -2.17. The molecule has 0 spiro atoms. The van der Waals surface area contributed by atoms with Crippen LogP contribution in [0.1, 0.15) is 35.0 Å². The molecule has 1 aromatic rings. The minimum Gasteiger partial charge on any atom is -0.378 e. The monoisotopic (exact) mass is 265 g/mol. The molecule has 6 heteroatoms. The number of likely N-dealkylation sites (tertiary alicyclic amines) is 1. The highest BCUT2D eigenvalue weighted by atomic mass is 16.5. The molecular formula is C13H19N3O3. The van der Waals surface area contributed by atoms with Gasteiger partial charge in [0, 0.05) is 32.2 Å². The molecule has 2 fully saturated rings. The van der Waals surface area contributed by atoms with Crippen molar-refractivity contribution in [1.29, 1.82) is 0 Å². The normalized spacial score (nSPS) is 27.7. The summed E-state index contributed by atoms with van der Waals surface area (Å²) in [6, 6.07) is 1.76. The van der Waals surface area contributed by atoms with Crippen molar-refractivity contribution < 1.29 is 14.1 Å². The van der Waals surface area contributed by atoms with E-state index in [1.807, 2.05) is 7.05 Å². The van der Waals surface area contributed by atoms with E-state index in [0.29, 0.717) is 11.6 Å². The van der Waals surface area contributed by atoms with Gasteiger partial charge in [-0.15, -0.1) is 0 Å². The van der Waals surface area contributed by atoms with Gasteiger partial charge in [-0.1, -0.05) is 5.16 Å². The molecule has 104 valence electrons. The molecule has 1 aromatic heterocycles. The SMILES string of the molecule is COC1CN(C)C[C@H]1NC(=O)c1cc(C2CC2)on1. The van der Waals surface area contributed by atoms with Crippen molar-refractivity contribution >= 4 is 5.91 Å². The maximum absolute atomic E-state index is 12.1. The zero-order valence-corrected chi connectivity index (χ0v) is 11.3. The Balaban J connectivity index is 1.63. The van der Waals surface area contributed by atoms with Crippen LogP contribution in [0.4, 0.5) is 0 Å². The number of hydrogen-bond donors (Lipinski definition) is 1. The second-order valence-corrected chi connectivity index (χ2v) is 5.46. The molecule has 6 nitrogen and oxygen atoms in total. The van der Waals surface area contributed by atoms with Gasteiger partial charge >= 0.3 is 0 Å². The Morgan fingerprint density at radius 3 is 3.00 bits per heavy atom. The lowest BCUT2D eigenvalue weighted by molar-refractivity contribution is 0.0760. The molecule has 19 heavy (non-hydrogen) atoms. The zero-order valence-electron chi connectivity index (χ0n) is 11.3. The van der Waals surface area contributed by atoms with Gasteiger partial charge in [0.1, 0.15) is 5.76 Å². The number of rotatable bonds is 4. The number of carbonyl (C=O) groups excluding carboxylic acids is 1. The summed E-state index contributed by atoms with van der Waals surface area (Å²) in [5.41, 5.74) is 0.367. The summed E-state index contributed by atoms with van der Waals surface area (Å²) in [7, 11) is 3.68. The van der Waals surface area contributed by atoms with Crippen molar-refractivity contribution in [3.8, 4) is 0 Å². The number of methoxy groups -OCH3 is 1. The van der Waals surface area contributed by atoms with E-state index in [9.17, 15) is 4.79 Å². The molecule has 1 N–H and O–H groups in total. The van der Waals surface area contributed by atoms with Gasteiger partial charge in [0.25, 0.3) is 5.91 Å². The molecule has 0 radical (unpaired) electrons. The molecule has 2 heterocycles. The van der Waals surface area contributed by atoms with E-state index in [0.717, 1.165) is 31.7 Å².